The van der Waals surface area contributed by atoms with Gasteiger partial charge in [0.15, 0.2) is 0 Å². The molecule has 0 aliphatic carbocycles. The third-order valence-corrected chi connectivity index (χ3v) is 2.26. The molecule has 0 N–H and O–H groups in total. The van der Waals surface area contributed by atoms with E-state index in [4.69, 9.17) is 9.47 Å². The van der Waals surface area contributed by atoms with Crippen LogP contribution in [0.3, 0.4) is 0 Å². The fraction of sp³-hybridized carbons (Fsp3) is 0.923. The Bertz CT molecular complexity index is 92.7. The first-order chi connectivity index (χ1) is 7.41. The van der Waals surface area contributed by atoms with Gasteiger partial charge in [-0.15, -0.1) is 0 Å². The molecule has 91 valence electrons. The molecule has 0 aliphatic heterocycles. The maximum absolute atomic E-state index is 5.48. The van der Waals surface area contributed by atoms with Crippen LogP contribution in [0.1, 0.15) is 51.9 Å². The number of hydrogen-bond acceptors (Lipinski definition) is 2. The Balaban J connectivity index is 2.81. The van der Waals surface area contributed by atoms with E-state index in [0.29, 0.717) is 0 Å². The Hall–Kier alpha value is -0.0800. The van der Waals surface area contributed by atoms with Crippen LogP contribution in [0.15, 0.2) is 0 Å². The van der Waals surface area contributed by atoms with Gasteiger partial charge in [0.25, 0.3) is 0 Å². The SMILES string of the molecule is [CH2]CCOCCCCCCOCCCC. The van der Waals surface area contributed by atoms with Gasteiger partial charge in [0.05, 0.1) is 0 Å². The molecule has 0 spiro atoms. The smallest absolute Gasteiger partial charge is 0.0466 e. The molecule has 0 bridgehead atoms. The minimum absolute atomic E-state index is 0.806. The van der Waals surface area contributed by atoms with Crippen LogP contribution in [-0.2, 0) is 9.47 Å². The van der Waals surface area contributed by atoms with Crippen LogP contribution in [0.2, 0.25) is 0 Å². The molecule has 0 aromatic carbocycles. The summed E-state index contributed by atoms with van der Waals surface area (Å²) in [7, 11) is 0. The minimum atomic E-state index is 0.806. The second-order valence-electron chi connectivity index (χ2n) is 3.85. The topological polar surface area (TPSA) is 18.5 Å². The van der Waals surface area contributed by atoms with Crippen LogP contribution in [0.4, 0.5) is 0 Å². The third-order valence-electron chi connectivity index (χ3n) is 2.26. The zero-order valence-electron chi connectivity index (χ0n) is 10.3. The van der Waals surface area contributed by atoms with Crippen molar-refractivity contribution in [2.24, 2.45) is 0 Å². The van der Waals surface area contributed by atoms with E-state index < -0.39 is 0 Å². The first-order valence-corrected chi connectivity index (χ1v) is 6.36. The molecule has 0 atom stereocenters. The maximum atomic E-state index is 5.48. The molecular weight excluding hydrogens is 188 g/mol. The Labute approximate surface area is 95.3 Å². The zero-order valence-corrected chi connectivity index (χ0v) is 10.3. The van der Waals surface area contributed by atoms with Crippen LogP contribution in [-0.4, -0.2) is 26.4 Å². The van der Waals surface area contributed by atoms with E-state index in [1.165, 1.54) is 38.5 Å². The molecule has 0 fully saturated rings. The molecule has 0 aromatic heterocycles. The summed E-state index contributed by atoms with van der Waals surface area (Å²) in [6.45, 7) is 9.48. The summed E-state index contributed by atoms with van der Waals surface area (Å²) in [6, 6.07) is 0. The summed E-state index contributed by atoms with van der Waals surface area (Å²) in [5, 5.41) is 0. The lowest BCUT2D eigenvalue weighted by atomic mass is 10.2. The Morgan fingerprint density at radius 2 is 1.27 bits per heavy atom. The molecule has 0 aliphatic rings. The molecule has 0 rings (SSSR count). The van der Waals surface area contributed by atoms with Crippen molar-refractivity contribution in [3.05, 3.63) is 6.92 Å². The van der Waals surface area contributed by atoms with Gasteiger partial charge in [0.1, 0.15) is 0 Å². The summed E-state index contributed by atoms with van der Waals surface area (Å²) in [6.07, 6.45) is 8.19. The molecule has 0 heterocycles. The van der Waals surface area contributed by atoms with Crippen LogP contribution in [0, 0.1) is 6.92 Å². The molecule has 0 aromatic rings. The van der Waals surface area contributed by atoms with E-state index in [1.54, 1.807) is 0 Å². The number of unbranched alkanes of at least 4 members (excludes halogenated alkanes) is 4. The lowest BCUT2D eigenvalue weighted by Gasteiger charge is -2.04. The van der Waals surface area contributed by atoms with Crippen molar-refractivity contribution in [1.82, 2.24) is 0 Å². The van der Waals surface area contributed by atoms with Crippen molar-refractivity contribution in [3.8, 4) is 0 Å². The van der Waals surface area contributed by atoms with E-state index in [9.17, 15) is 0 Å². The van der Waals surface area contributed by atoms with Gasteiger partial charge < -0.3 is 9.47 Å². The maximum Gasteiger partial charge on any atom is 0.0466 e. The first-order valence-electron chi connectivity index (χ1n) is 6.36. The quantitative estimate of drug-likeness (QED) is 0.463. The van der Waals surface area contributed by atoms with Crippen molar-refractivity contribution >= 4 is 0 Å². The first kappa shape index (κ1) is 14.9. The van der Waals surface area contributed by atoms with Gasteiger partial charge in [-0.05, 0) is 25.7 Å². The molecular formula is C13H27O2. The van der Waals surface area contributed by atoms with Crippen LogP contribution < -0.4 is 0 Å². The van der Waals surface area contributed by atoms with Crippen LogP contribution in [0.5, 0.6) is 0 Å². The van der Waals surface area contributed by atoms with Gasteiger partial charge in [-0.1, -0.05) is 33.1 Å². The highest BCUT2D eigenvalue weighted by Crippen LogP contribution is 2.01. The van der Waals surface area contributed by atoms with Crippen molar-refractivity contribution in [2.75, 3.05) is 26.4 Å². The second-order valence-corrected chi connectivity index (χ2v) is 3.85. The number of rotatable bonds is 12. The standard InChI is InChI=1S/C13H27O2/c1-3-5-11-15-13-9-7-6-8-12-14-10-4-2/h2-13H2,1H3. The van der Waals surface area contributed by atoms with Gasteiger partial charge in [-0.2, -0.15) is 0 Å². The van der Waals surface area contributed by atoms with Gasteiger partial charge in [-0.25, -0.2) is 0 Å². The highest BCUT2D eigenvalue weighted by atomic mass is 16.5. The van der Waals surface area contributed by atoms with Gasteiger partial charge >= 0.3 is 0 Å². The van der Waals surface area contributed by atoms with E-state index in [2.05, 4.69) is 13.8 Å². The number of ether oxygens (including phenoxy) is 2. The van der Waals surface area contributed by atoms with Crippen LogP contribution >= 0.6 is 0 Å². The Morgan fingerprint density at radius 1 is 0.733 bits per heavy atom. The summed E-state index contributed by atoms with van der Waals surface area (Å²) in [5.41, 5.74) is 0. The Kier molecular flexibility index (Phi) is 13.8. The van der Waals surface area contributed by atoms with E-state index in [-0.39, 0.29) is 0 Å². The average molecular weight is 215 g/mol. The number of hydrogen-bond donors (Lipinski definition) is 0. The summed E-state index contributed by atoms with van der Waals surface area (Å²) < 4.78 is 10.8. The van der Waals surface area contributed by atoms with Gasteiger partial charge in [0.2, 0.25) is 0 Å². The molecule has 0 saturated carbocycles. The third kappa shape index (κ3) is 13.9. The normalized spacial score (nSPS) is 10.8. The lowest BCUT2D eigenvalue weighted by molar-refractivity contribution is 0.121. The molecule has 0 amide bonds. The molecule has 2 heteroatoms. The summed E-state index contributed by atoms with van der Waals surface area (Å²) >= 11 is 0. The van der Waals surface area contributed by atoms with Crippen molar-refractivity contribution in [1.29, 1.82) is 0 Å². The molecule has 1 radical (unpaired) electrons. The fourth-order valence-corrected chi connectivity index (χ4v) is 1.31. The molecule has 2 nitrogen and oxygen atoms in total. The second kappa shape index (κ2) is 13.9. The predicted octanol–water partition coefficient (Wildman–Crippen LogP) is 3.60. The molecule has 0 unspecified atom stereocenters. The lowest BCUT2D eigenvalue weighted by Crippen LogP contribution is -1.98. The highest BCUT2D eigenvalue weighted by molar-refractivity contribution is 4.44. The average Bonchev–Trinajstić information content (AvgIpc) is 2.26. The molecule has 0 saturated heterocycles. The minimum Gasteiger partial charge on any atom is -0.381 e. The van der Waals surface area contributed by atoms with Crippen molar-refractivity contribution < 1.29 is 9.47 Å². The van der Waals surface area contributed by atoms with E-state index >= 15 is 0 Å². The fourth-order valence-electron chi connectivity index (χ4n) is 1.31. The summed E-state index contributed by atoms with van der Waals surface area (Å²) in [4.78, 5) is 0. The Morgan fingerprint density at radius 3 is 1.80 bits per heavy atom. The van der Waals surface area contributed by atoms with Gasteiger partial charge in [-0.3, -0.25) is 0 Å². The van der Waals surface area contributed by atoms with Crippen LogP contribution in [0.25, 0.3) is 0 Å². The van der Waals surface area contributed by atoms with Gasteiger partial charge in [0, 0.05) is 26.4 Å². The predicted molar refractivity (Wildman–Crippen MR) is 65.0 cm³/mol. The van der Waals surface area contributed by atoms with E-state index in [1.807, 2.05) is 0 Å². The van der Waals surface area contributed by atoms with Crippen molar-refractivity contribution in [3.63, 3.8) is 0 Å². The van der Waals surface area contributed by atoms with Crippen molar-refractivity contribution in [2.45, 2.75) is 51.9 Å². The summed E-state index contributed by atoms with van der Waals surface area (Å²) in [5.74, 6) is 0. The highest BCUT2D eigenvalue weighted by Gasteiger charge is 1.91. The molecule has 15 heavy (non-hydrogen) atoms. The monoisotopic (exact) mass is 215 g/mol. The largest absolute Gasteiger partial charge is 0.381 e. The zero-order chi connectivity index (χ0) is 11.2. The van der Waals surface area contributed by atoms with E-state index in [0.717, 1.165) is 32.8 Å².